The number of methoxy groups -OCH3 is 1. The number of H-pyrrole nitrogens is 3. The average molecular weight is 891 g/mol. The molecule has 10 heteroatoms. The minimum absolute atomic E-state index is 0.0333. The molecule has 6 N–H and O–H groups in total. The van der Waals surface area contributed by atoms with Gasteiger partial charge in [0.25, 0.3) is 0 Å². The average Bonchev–Trinajstić information content (AvgIpc) is 4.02. The molecule has 2 aliphatic heterocycles. The third kappa shape index (κ3) is 11.0. The van der Waals surface area contributed by atoms with Crippen molar-refractivity contribution in [3.8, 4) is 0 Å². The maximum Gasteiger partial charge on any atom is 0.320 e. The van der Waals surface area contributed by atoms with Gasteiger partial charge in [-0.3, -0.25) is 9.59 Å². The van der Waals surface area contributed by atoms with E-state index < -0.39 is 17.9 Å². The van der Waals surface area contributed by atoms with Crippen LogP contribution in [0, 0.1) is 56.3 Å². The van der Waals surface area contributed by atoms with Crippen LogP contribution in [0.3, 0.4) is 0 Å². The molecule has 0 amide bonds. The summed E-state index contributed by atoms with van der Waals surface area (Å²) in [7, 11) is 1.35. The molecule has 354 valence electrons. The lowest BCUT2D eigenvalue weighted by Gasteiger charge is -2.26. The molecule has 0 radical (unpaired) electrons. The summed E-state index contributed by atoms with van der Waals surface area (Å²) in [4.78, 5) is 38.2. The zero-order valence-corrected chi connectivity index (χ0v) is 41.1. The van der Waals surface area contributed by atoms with Gasteiger partial charge < -0.3 is 40.0 Å². The predicted molar refractivity (Wildman–Crippen MR) is 264 cm³/mol. The van der Waals surface area contributed by atoms with E-state index >= 15 is 0 Å². The largest absolute Gasteiger partial charge is 0.516 e. The van der Waals surface area contributed by atoms with Gasteiger partial charge in [0.1, 0.15) is 11.7 Å². The minimum atomic E-state index is -1.02. The molecule has 3 aromatic rings. The maximum atomic E-state index is 13.7. The molecule has 5 heterocycles. The van der Waals surface area contributed by atoms with Crippen molar-refractivity contribution in [1.29, 1.82) is 0 Å². The molecule has 65 heavy (non-hydrogen) atoms. The first-order valence-electron chi connectivity index (χ1n) is 24.6. The van der Waals surface area contributed by atoms with Gasteiger partial charge in [-0.15, -0.1) is 0 Å². The van der Waals surface area contributed by atoms with Crippen molar-refractivity contribution in [2.24, 2.45) is 35.5 Å². The van der Waals surface area contributed by atoms with Gasteiger partial charge in [-0.05, 0) is 122 Å². The van der Waals surface area contributed by atoms with Crippen LogP contribution in [0.15, 0.2) is 24.1 Å². The van der Waals surface area contributed by atoms with Crippen molar-refractivity contribution in [1.82, 2.24) is 20.3 Å². The molecule has 0 aromatic carbocycles. The molecule has 3 aromatic heterocycles. The summed E-state index contributed by atoms with van der Waals surface area (Å²) < 4.78 is 11.2. The zero-order chi connectivity index (χ0) is 47.1. The Morgan fingerprint density at radius 1 is 0.831 bits per heavy atom. The maximum absolute atomic E-state index is 13.7. The van der Waals surface area contributed by atoms with Gasteiger partial charge in [0, 0.05) is 63.0 Å². The summed E-state index contributed by atoms with van der Waals surface area (Å²) in [5.41, 5.74) is 10.5. The SMILES string of the molecule is C=Cc1c2[nH]c(c1C)/C=C1\NC(C3=c4[nH]c(c(C)c4=C(O)[C@@H]3C(=O)OC)/C=c3\[nH]/c(c(C)c3CC)=C\2)[C@@H](CCC(=O)OCC/C(=C/O)CCC[C@H](C)CCC[C@H](C)CCCC(C)C)[C@@H]1C. The number of carbonyl (C=O) groups excluding carboxylic acids is 2. The van der Waals surface area contributed by atoms with E-state index in [0.29, 0.717) is 34.9 Å². The van der Waals surface area contributed by atoms with E-state index in [-0.39, 0.29) is 36.6 Å². The minimum Gasteiger partial charge on any atom is -0.516 e. The predicted octanol–water partition coefficient (Wildman–Crippen LogP) is 9.25. The fraction of sp³-hybridized carbons (Fsp3) is 0.564. The normalized spacial score (nSPS) is 21.8. The van der Waals surface area contributed by atoms with Gasteiger partial charge in [-0.1, -0.05) is 99.1 Å². The van der Waals surface area contributed by atoms with E-state index in [1.54, 1.807) is 0 Å². The first kappa shape index (κ1) is 49.3. The quantitative estimate of drug-likeness (QED) is 0.0461. The molecule has 0 saturated carbocycles. The first-order chi connectivity index (χ1) is 31.1. The van der Waals surface area contributed by atoms with E-state index in [1.807, 2.05) is 13.0 Å². The third-order valence-electron chi connectivity index (χ3n) is 14.9. The van der Waals surface area contributed by atoms with Gasteiger partial charge in [0.05, 0.1) is 31.4 Å². The number of ether oxygens (including phenoxy) is 2. The molecule has 1 aliphatic carbocycles. The number of carbonyl (C=O) groups is 2. The second-order valence-corrected chi connectivity index (χ2v) is 19.9. The number of aliphatic hydroxyl groups is 2. The molecule has 1 unspecified atom stereocenters. The van der Waals surface area contributed by atoms with Crippen LogP contribution >= 0.6 is 0 Å². The summed E-state index contributed by atoms with van der Waals surface area (Å²) >= 11 is 0. The highest BCUT2D eigenvalue weighted by Gasteiger charge is 2.47. The molecule has 6 rings (SSSR count). The standard InChI is InChI=1S/C55H78N4O6/c1-12-39-34(7)42-27-44-36(9)41(23-24-48(61)65-26-25-38(30-60)22-16-21-33(6)20-15-19-32(5)18-14-17-31(3)4)52(58-44)50-51(55(63)64-11)54(62)49-37(10)45(59-53(49)50)29-47-40(13-2)35(8)43(57-47)28-46(39)56-42/h12,27-33,36,41,51-52,56-60,62H,1,13-26H2,2-11H3/b38-30+,43-28-,44-27-,47-29-/t32-,33-,36+,41+,51-,52?/m1/s1. The highest BCUT2D eigenvalue weighted by molar-refractivity contribution is 5.95. The molecular weight excluding hydrogens is 813 g/mol. The van der Waals surface area contributed by atoms with Crippen molar-refractivity contribution < 1.29 is 29.3 Å². The van der Waals surface area contributed by atoms with Gasteiger partial charge >= 0.3 is 11.9 Å². The zero-order valence-electron chi connectivity index (χ0n) is 41.1. The Bertz CT molecular complexity index is 2530. The summed E-state index contributed by atoms with van der Waals surface area (Å²) in [6.07, 6.45) is 22.1. The number of hydrogen-bond donors (Lipinski definition) is 6. The topological polar surface area (TPSA) is 152 Å². The number of hydrogen-bond acceptors (Lipinski definition) is 7. The second-order valence-electron chi connectivity index (χ2n) is 19.9. The number of esters is 2. The van der Waals surface area contributed by atoms with Crippen LogP contribution in [0.2, 0.25) is 0 Å². The van der Waals surface area contributed by atoms with Crippen LogP contribution in [-0.4, -0.2) is 56.9 Å². The Labute approximate surface area is 387 Å². The van der Waals surface area contributed by atoms with Crippen LogP contribution < -0.4 is 26.6 Å². The lowest BCUT2D eigenvalue weighted by molar-refractivity contribution is -0.144. The molecule has 3 aliphatic rings. The molecule has 10 nitrogen and oxygen atoms in total. The number of allylic oxidation sites excluding steroid dienone is 1. The van der Waals surface area contributed by atoms with E-state index in [4.69, 9.17) is 9.47 Å². The van der Waals surface area contributed by atoms with Crippen LogP contribution in [0.4, 0.5) is 0 Å². The van der Waals surface area contributed by atoms with E-state index in [9.17, 15) is 19.8 Å². The molecular formula is C55H78N4O6. The van der Waals surface area contributed by atoms with E-state index in [1.165, 1.54) is 57.5 Å². The van der Waals surface area contributed by atoms with Gasteiger partial charge in [-0.25, -0.2) is 0 Å². The monoisotopic (exact) mass is 891 g/mol. The Kier molecular flexibility index (Phi) is 16.6. The highest BCUT2D eigenvalue weighted by Crippen LogP contribution is 2.42. The number of fused-ring (bicyclic) bond motifs is 8. The summed E-state index contributed by atoms with van der Waals surface area (Å²) in [6, 6.07) is -0.425. The fourth-order valence-corrected chi connectivity index (χ4v) is 10.8. The van der Waals surface area contributed by atoms with E-state index in [0.717, 1.165) is 98.8 Å². The van der Waals surface area contributed by atoms with E-state index in [2.05, 4.69) is 100 Å². The van der Waals surface area contributed by atoms with Gasteiger partial charge in [0.2, 0.25) is 0 Å². The molecule has 0 spiro atoms. The van der Waals surface area contributed by atoms with Crippen molar-refractivity contribution in [2.45, 2.75) is 152 Å². The second kappa shape index (κ2) is 21.9. The Balaban J connectivity index is 1.20. The van der Waals surface area contributed by atoms with Crippen LogP contribution in [-0.2, 0) is 25.5 Å². The highest BCUT2D eigenvalue weighted by atomic mass is 16.5. The number of aromatic nitrogens is 3. The van der Waals surface area contributed by atoms with Crippen molar-refractivity contribution in [3.05, 3.63) is 90.3 Å². The number of nitrogens with one attached hydrogen (secondary N) is 4. The Hall–Kier alpha value is -5.12. The van der Waals surface area contributed by atoms with Crippen molar-refractivity contribution in [3.63, 3.8) is 0 Å². The van der Waals surface area contributed by atoms with Gasteiger partial charge in [-0.2, -0.15) is 0 Å². The van der Waals surface area contributed by atoms with Crippen molar-refractivity contribution in [2.75, 3.05) is 13.7 Å². The third-order valence-corrected chi connectivity index (χ3v) is 14.9. The molecule has 1 fully saturated rings. The summed E-state index contributed by atoms with van der Waals surface area (Å²) in [5.74, 6) is 0.117. The number of aliphatic hydroxyl groups excluding tert-OH is 2. The molecule has 8 bridgehead atoms. The van der Waals surface area contributed by atoms with Crippen LogP contribution in [0.1, 0.15) is 163 Å². The first-order valence-corrected chi connectivity index (χ1v) is 24.6. The fourth-order valence-electron chi connectivity index (χ4n) is 10.8. The van der Waals surface area contributed by atoms with Crippen LogP contribution in [0.5, 0.6) is 0 Å². The summed E-state index contributed by atoms with van der Waals surface area (Å²) in [5, 5.41) is 29.1. The Morgan fingerprint density at radius 3 is 2.14 bits per heavy atom. The molecule has 1 saturated heterocycles. The van der Waals surface area contributed by atoms with Crippen LogP contribution in [0.25, 0.3) is 35.6 Å². The summed E-state index contributed by atoms with van der Waals surface area (Å²) in [6.45, 7) is 24.2. The lowest BCUT2D eigenvalue weighted by Crippen LogP contribution is -2.38. The Morgan fingerprint density at radius 2 is 1.49 bits per heavy atom. The number of aromatic amines is 3. The number of rotatable bonds is 21. The smallest absolute Gasteiger partial charge is 0.320 e. The van der Waals surface area contributed by atoms with Gasteiger partial charge in [0.15, 0.2) is 0 Å². The molecule has 6 atom stereocenters. The van der Waals surface area contributed by atoms with Crippen molar-refractivity contribution >= 4 is 47.6 Å². The lowest BCUT2D eigenvalue weighted by atomic mass is 9.80.